The summed E-state index contributed by atoms with van der Waals surface area (Å²) in [4.78, 5) is 16.2. The predicted molar refractivity (Wildman–Crippen MR) is 74.8 cm³/mol. The maximum absolute atomic E-state index is 12.1. The Bertz CT molecular complexity index is 730. The van der Waals surface area contributed by atoms with E-state index in [0.29, 0.717) is 30.4 Å². The second-order valence-corrected chi connectivity index (χ2v) is 4.30. The third kappa shape index (κ3) is 2.90. The highest BCUT2D eigenvalue weighted by atomic mass is 16.5. The Morgan fingerprint density at radius 3 is 3.19 bits per heavy atom. The van der Waals surface area contributed by atoms with Crippen molar-refractivity contribution in [3.8, 4) is 0 Å². The zero-order valence-corrected chi connectivity index (χ0v) is 11.4. The zero-order valence-electron chi connectivity index (χ0n) is 11.4. The molecule has 0 aliphatic rings. The quantitative estimate of drug-likeness (QED) is 0.761. The van der Waals surface area contributed by atoms with Crippen LogP contribution in [0.2, 0.25) is 0 Å². The molecule has 0 unspecified atom stereocenters. The number of fused-ring (bicyclic) bond motifs is 1. The summed E-state index contributed by atoms with van der Waals surface area (Å²) in [6, 6.07) is 3.37. The number of carbonyl (C=O) groups is 1. The molecular formula is C13H14N6O2. The topological polar surface area (TPSA) is 86.3 Å². The monoisotopic (exact) mass is 286 g/mol. The molecule has 1 N–H and O–H groups in total. The molecule has 3 rings (SSSR count). The fraction of sp³-hybridized carbons (Fsp3) is 0.231. The van der Waals surface area contributed by atoms with Crippen molar-refractivity contribution in [2.24, 2.45) is 0 Å². The van der Waals surface area contributed by atoms with Gasteiger partial charge in [0.05, 0.1) is 18.1 Å². The molecule has 3 aromatic heterocycles. The number of nitrogens with zero attached hydrogens (tertiary/aromatic N) is 5. The Morgan fingerprint density at radius 2 is 2.38 bits per heavy atom. The molecule has 8 heteroatoms. The van der Waals surface area contributed by atoms with Crippen molar-refractivity contribution in [3.05, 3.63) is 42.6 Å². The number of carbonyl (C=O) groups excluding carboxylic acids is 1. The van der Waals surface area contributed by atoms with Gasteiger partial charge in [-0.05, 0) is 13.0 Å². The average Bonchev–Trinajstić information content (AvgIpc) is 3.11. The lowest BCUT2D eigenvalue weighted by molar-refractivity contribution is 0.0792. The first kappa shape index (κ1) is 13.3. The minimum Gasteiger partial charge on any atom is -0.360 e. The van der Waals surface area contributed by atoms with E-state index in [9.17, 15) is 4.79 Å². The van der Waals surface area contributed by atoms with Crippen LogP contribution in [0.25, 0.3) is 5.65 Å². The number of hydrogen-bond donors (Lipinski definition) is 1. The molecule has 0 atom stereocenters. The largest absolute Gasteiger partial charge is 0.360 e. The van der Waals surface area contributed by atoms with E-state index in [1.807, 2.05) is 6.92 Å². The average molecular weight is 286 g/mol. The summed E-state index contributed by atoms with van der Waals surface area (Å²) < 4.78 is 8.38. The van der Waals surface area contributed by atoms with Gasteiger partial charge in [-0.3, -0.25) is 4.79 Å². The number of amides is 1. The second kappa shape index (κ2) is 5.71. The van der Waals surface area contributed by atoms with Crippen LogP contribution in [0.4, 0.5) is 5.69 Å². The first-order chi connectivity index (χ1) is 10.3. The highest BCUT2D eigenvalue weighted by Gasteiger charge is 2.12. The maximum Gasteiger partial charge on any atom is 0.276 e. The molecule has 3 heterocycles. The van der Waals surface area contributed by atoms with E-state index in [0.717, 1.165) is 0 Å². The highest BCUT2D eigenvalue weighted by molar-refractivity contribution is 6.03. The van der Waals surface area contributed by atoms with Crippen LogP contribution in [0, 0.1) is 0 Å². The van der Waals surface area contributed by atoms with Crippen LogP contribution >= 0.6 is 0 Å². The van der Waals surface area contributed by atoms with E-state index >= 15 is 0 Å². The molecule has 1 amide bonds. The van der Waals surface area contributed by atoms with Gasteiger partial charge in [0, 0.05) is 25.1 Å². The molecule has 0 aliphatic heterocycles. The normalized spacial score (nSPS) is 10.9. The Balaban J connectivity index is 1.72. The van der Waals surface area contributed by atoms with Gasteiger partial charge in [-0.1, -0.05) is 0 Å². The maximum atomic E-state index is 12.1. The van der Waals surface area contributed by atoms with Crippen LogP contribution in [0.3, 0.4) is 0 Å². The second-order valence-electron chi connectivity index (χ2n) is 4.30. The van der Waals surface area contributed by atoms with Gasteiger partial charge in [-0.2, -0.15) is 10.2 Å². The molecule has 108 valence electrons. The Hall–Kier alpha value is -2.74. The molecule has 0 aliphatic carbocycles. The SMILES string of the molecule is CCOCn1cc(NC(=O)c2cc3ncccn3n2)cn1. The van der Waals surface area contributed by atoms with Gasteiger partial charge in [0.25, 0.3) is 5.91 Å². The first-order valence-corrected chi connectivity index (χ1v) is 6.48. The Labute approximate surface area is 120 Å². The number of nitrogens with one attached hydrogen (secondary N) is 1. The van der Waals surface area contributed by atoms with E-state index in [1.165, 1.54) is 0 Å². The summed E-state index contributed by atoms with van der Waals surface area (Å²) in [5.41, 5.74) is 1.51. The van der Waals surface area contributed by atoms with Crippen molar-refractivity contribution in [2.45, 2.75) is 13.7 Å². The molecular weight excluding hydrogens is 272 g/mol. The van der Waals surface area contributed by atoms with Crippen molar-refractivity contribution in [2.75, 3.05) is 11.9 Å². The summed E-state index contributed by atoms with van der Waals surface area (Å²) in [7, 11) is 0. The molecule has 0 fully saturated rings. The zero-order chi connectivity index (χ0) is 14.7. The van der Waals surface area contributed by atoms with Crippen molar-refractivity contribution in [3.63, 3.8) is 0 Å². The number of anilines is 1. The van der Waals surface area contributed by atoms with Crippen molar-refractivity contribution in [1.29, 1.82) is 0 Å². The molecule has 21 heavy (non-hydrogen) atoms. The fourth-order valence-electron chi connectivity index (χ4n) is 1.82. The van der Waals surface area contributed by atoms with Crippen molar-refractivity contribution >= 4 is 17.2 Å². The van der Waals surface area contributed by atoms with Crippen LogP contribution in [-0.4, -0.2) is 36.9 Å². The van der Waals surface area contributed by atoms with E-state index in [2.05, 4.69) is 20.5 Å². The van der Waals surface area contributed by atoms with Gasteiger partial charge in [0.2, 0.25) is 0 Å². The van der Waals surface area contributed by atoms with Crippen LogP contribution in [-0.2, 0) is 11.5 Å². The number of aromatic nitrogens is 5. The molecule has 0 saturated heterocycles. The minimum absolute atomic E-state index is 0.297. The number of hydrogen-bond acceptors (Lipinski definition) is 5. The van der Waals surface area contributed by atoms with Crippen LogP contribution in [0.15, 0.2) is 36.9 Å². The van der Waals surface area contributed by atoms with Gasteiger partial charge >= 0.3 is 0 Å². The Morgan fingerprint density at radius 1 is 1.48 bits per heavy atom. The molecule has 0 spiro atoms. The number of rotatable bonds is 5. The third-order valence-electron chi connectivity index (χ3n) is 2.79. The number of ether oxygens (including phenoxy) is 1. The van der Waals surface area contributed by atoms with Gasteiger partial charge < -0.3 is 10.1 Å². The van der Waals surface area contributed by atoms with Gasteiger partial charge in [0.1, 0.15) is 6.73 Å². The van der Waals surface area contributed by atoms with Crippen molar-refractivity contribution < 1.29 is 9.53 Å². The molecule has 0 radical (unpaired) electrons. The standard InChI is InChI=1S/C13H14N6O2/c1-2-21-9-18-8-10(7-15-18)16-13(20)11-6-12-14-4-3-5-19(12)17-11/h3-8H,2,9H2,1H3,(H,16,20). The van der Waals surface area contributed by atoms with Gasteiger partial charge in [0.15, 0.2) is 11.3 Å². The summed E-state index contributed by atoms with van der Waals surface area (Å²) in [5, 5.41) is 11.0. The lowest BCUT2D eigenvalue weighted by Gasteiger charge is -2.00. The van der Waals surface area contributed by atoms with Crippen LogP contribution < -0.4 is 5.32 Å². The fourth-order valence-corrected chi connectivity index (χ4v) is 1.82. The molecule has 0 saturated carbocycles. The van der Waals surface area contributed by atoms with E-state index in [-0.39, 0.29) is 5.91 Å². The Kier molecular flexibility index (Phi) is 3.61. The minimum atomic E-state index is -0.309. The smallest absolute Gasteiger partial charge is 0.276 e. The van der Waals surface area contributed by atoms with E-state index in [4.69, 9.17) is 4.74 Å². The lowest BCUT2D eigenvalue weighted by atomic mass is 10.4. The van der Waals surface area contributed by atoms with E-state index < -0.39 is 0 Å². The van der Waals surface area contributed by atoms with Crippen LogP contribution in [0.5, 0.6) is 0 Å². The summed E-state index contributed by atoms with van der Waals surface area (Å²) >= 11 is 0. The summed E-state index contributed by atoms with van der Waals surface area (Å²) in [6.45, 7) is 2.87. The molecule has 8 nitrogen and oxygen atoms in total. The molecule has 3 aromatic rings. The van der Waals surface area contributed by atoms with Gasteiger partial charge in [-0.25, -0.2) is 14.2 Å². The molecule has 0 bridgehead atoms. The van der Waals surface area contributed by atoms with Crippen molar-refractivity contribution in [1.82, 2.24) is 24.4 Å². The first-order valence-electron chi connectivity index (χ1n) is 6.48. The summed E-state index contributed by atoms with van der Waals surface area (Å²) in [5.74, 6) is -0.309. The van der Waals surface area contributed by atoms with E-state index in [1.54, 1.807) is 46.1 Å². The van der Waals surface area contributed by atoms with Crippen LogP contribution in [0.1, 0.15) is 17.4 Å². The summed E-state index contributed by atoms with van der Waals surface area (Å²) in [6.07, 6.45) is 6.64. The lowest BCUT2D eigenvalue weighted by Crippen LogP contribution is -2.12. The van der Waals surface area contributed by atoms with Gasteiger partial charge in [-0.15, -0.1) is 0 Å². The predicted octanol–water partition coefficient (Wildman–Crippen LogP) is 1.17. The third-order valence-corrected chi connectivity index (χ3v) is 2.79. The highest BCUT2D eigenvalue weighted by Crippen LogP contribution is 2.09. The molecule has 0 aromatic carbocycles.